The molecular weight excluding hydrogens is 341 g/mol. The van der Waals surface area contributed by atoms with Crippen LogP contribution in [0.15, 0.2) is 0 Å². The second-order valence-electron chi connectivity index (χ2n) is 6.06. The van der Waals surface area contributed by atoms with E-state index in [1.165, 1.54) is 14.2 Å². The first kappa shape index (κ1) is 17.5. The number of carbonyl (C=O) groups excluding carboxylic acids is 3. The van der Waals surface area contributed by atoms with Crippen molar-refractivity contribution in [2.24, 2.45) is 0 Å². The summed E-state index contributed by atoms with van der Waals surface area (Å²) in [5.41, 5.74) is 0. The Labute approximate surface area is 139 Å². The molecule has 0 bridgehead atoms. The van der Waals surface area contributed by atoms with Gasteiger partial charge in [-0.05, 0) is 12.8 Å². The molecule has 1 saturated carbocycles. The van der Waals surface area contributed by atoms with Gasteiger partial charge in [-0.2, -0.15) is 0 Å². The van der Waals surface area contributed by atoms with Gasteiger partial charge in [0.1, 0.15) is 6.10 Å². The zero-order valence-corrected chi connectivity index (χ0v) is 14.6. The van der Waals surface area contributed by atoms with Crippen LogP contribution < -0.4 is 0 Å². The summed E-state index contributed by atoms with van der Waals surface area (Å²) in [6.45, 7) is 0. The van der Waals surface area contributed by atoms with Crippen LogP contribution in [0.3, 0.4) is 0 Å². The lowest BCUT2D eigenvalue weighted by atomic mass is 9.82. The number of methoxy groups -OCH3 is 1. The van der Waals surface area contributed by atoms with E-state index in [0.717, 1.165) is 12.0 Å². The second-order valence-corrected chi connectivity index (χ2v) is 8.58. The maximum Gasteiger partial charge on any atom is 0.349 e. The number of fused-ring (bicyclic) bond motifs is 1. The maximum atomic E-state index is 13.3. The summed E-state index contributed by atoms with van der Waals surface area (Å²) in [7, 11) is -0.544. The van der Waals surface area contributed by atoms with Crippen LogP contribution in [0.25, 0.3) is 0 Å². The molecule has 0 unspecified atom stereocenters. The van der Waals surface area contributed by atoms with Crippen molar-refractivity contribution < 1.29 is 37.5 Å². The molecule has 3 aliphatic rings. The Balaban J connectivity index is 2.17. The third kappa shape index (κ3) is 2.19. The number of ether oxygens (including phenoxy) is 2. The molecule has 0 N–H and O–H groups in total. The molecule has 1 aliphatic carbocycles. The zero-order chi connectivity index (χ0) is 17.7. The predicted molar refractivity (Wildman–Crippen MR) is 79.1 cm³/mol. The highest BCUT2D eigenvalue weighted by Crippen LogP contribution is 2.67. The molecule has 0 aromatic heterocycles. The zero-order valence-electron chi connectivity index (χ0n) is 13.7. The lowest BCUT2D eigenvalue weighted by Gasteiger charge is -2.45. The minimum absolute atomic E-state index is 0.0498. The summed E-state index contributed by atoms with van der Waals surface area (Å²) in [5.74, 6) is -1.68. The molecule has 2 saturated heterocycles. The normalized spacial score (nSPS) is 35.8. The molecule has 2 aliphatic heterocycles. The van der Waals surface area contributed by atoms with Crippen molar-refractivity contribution in [3.05, 3.63) is 0 Å². The van der Waals surface area contributed by atoms with Crippen molar-refractivity contribution in [1.29, 1.82) is 0 Å². The standard InChI is InChI=1S/C14H20NO8P/c1-20-13(18)14(24(19,21-2)22-3)7-6-8-11(23-8)12(14)15-9(16)4-5-10(15)17/h8,11-12H,4-7H2,1-3H3/t8-,11-,12+,14+/m1/s1. The molecule has 3 fully saturated rings. The lowest BCUT2D eigenvalue weighted by molar-refractivity contribution is -0.152. The molecule has 2 heterocycles. The van der Waals surface area contributed by atoms with Gasteiger partial charge in [0.2, 0.25) is 11.8 Å². The van der Waals surface area contributed by atoms with Crippen LogP contribution in [0.4, 0.5) is 0 Å². The summed E-state index contributed by atoms with van der Waals surface area (Å²) < 4.78 is 34.0. The minimum Gasteiger partial charge on any atom is -0.468 e. The number of likely N-dealkylation sites (tertiary alicyclic amines) is 1. The number of epoxide rings is 1. The van der Waals surface area contributed by atoms with Gasteiger partial charge in [0.15, 0.2) is 5.16 Å². The SMILES string of the molecule is COC(=O)[C@]1(P(=O)(OC)OC)CC[C@H]2O[C@H]2[C@@H]1N1C(=O)CCC1=O. The molecule has 0 spiro atoms. The van der Waals surface area contributed by atoms with Gasteiger partial charge < -0.3 is 18.5 Å². The number of carbonyl (C=O) groups is 3. The van der Waals surface area contributed by atoms with E-state index in [9.17, 15) is 18.9 Å². The molecule has 10 heteroatoms. The third-order valence-electron chi connectivity index (χ3n) is 5.11. The molecule has 4 atom stereocenters. The first-order chi connectivity index (χ1) is 11.4. The van der Waals surface area contributed by atoms with Crippen molar-refractivity contribution in [3.8, 4) is 0 Å². The van der Waals surface area contributed by atoms with E-state index in [-0.39, 0.29) is 25.4 Å². The van der Waals surface area contributed by atoms with Crippen molar-refractivity contribution in [2.75, 3.05) is 21.3 Å². The van der Waals surface area contributed by atoms with Crippen LogP contribution in [-0.4, -0.2) is 67.4 Å². The Kier molecular flexibility index (Phi) is 4.32. The summed E-state index contributed by atoms with van der Waals surface area (Å²) in [6.07, 6.45) is -0.147. The van der Waals surface area contributed by atoms with E-state index in [1.807, 2.05) is 0 Å². The summed E-state index contributed by atoms with van der Waals surface area (Å²) >= 11 is 0. The van der Waals surface area contributed by atoms with Gasteiger partial charge in [-0.3, -0.25) is 23.8 Å². The van der Waals surface area contributed by atoms with Gasteiger partial charge in [0, 0.05) is 27.1 Å². The van der Waals surface area contributed by atoms with Gasteiger partial charge in [-0.1, -0.05) is 0 Å². The average Bonchev–Trinajstić information content (AvgIpc) is 3.31. The fraction of sp³-hybridized carbons (Fsp3) is 0.786. The number of imide groups is 1. The number of esters is 1. The Morgan fingerprint density at radius 2 is 1.79 bits per heavy atom. The van der Waals surface area contributed by atoms with E-state index in [4.69, 9.17) is 18.5 Å². The van der Waals surface area contributed by atoms with Crippen LogP contribution >= 0.6 is 7.60 Å². The highest BCUT2D eigenvalue weighted by Gasteiger charge is 2.73. The maximum absolute atomic E-state index is 13.3. The molecular formula is C14H20NO8P. The van der Waals surface area contributed by atoms with E-state index in [0.29, 0.717) is 6.42 Å². The Bertz CT molecular complexity index is 612. The van der Waals surface area contributed by atoms with E-state index >= 15 is 0 Å². The summed E-state index contributed by atoms with van der Waals surface area (Å²) in [5, 5.41) is -1.79. The summed E-state index contributed by atoms with van der Waals surface area (Å²) in [4.78, 5) is 38.3. The Morgan fingerprint density at radius 1 is 1.21 bits per heavy atom. The first-order valence-electron chi connectivity index (χ1n) is 7.66. The molecule has 0 radical (unpaired) electrons. The third-order valence-corrected chi connectivity index (χ3v) is 7.72. The molecule has 0 aromatic rings. The molecule has 9 nitrogen and oxygen atoms in total. The van der Waals surface area contributed by atoms with Crippen LogP contribution in [0.2, 0.25) is 0 Å². The quantitative estimate of drug-likeness (QED) is 0.301. The highest BCUT2D eigenvalue weighted by atomic mass is 31.2. The number of amides is 2. The van der Waals surface area contributed by atoms with Gasteiger partial charge in [-0.15, -0.1) is 0 Å². The Morgan fingerprint density at radius 3 is 2.29 bits per heavy atom. The largest absolute Gasteiger partial charge is 0.468 e. The van der Waals surface area contributed by atoms with Gasteiger partial charge in [0.25, 0.3) is 0 Å². The van der Waals surface area contributed by atoms with Crippen molar-refractivity contribution in [2.45, 2.75) is 49.1 Å². The second kappa shape index (κ2) is 5.91. The number of rotatable bonds is 5. The number of hydrogen-bond acceptors (Lipinski definition) is 8. The van der Waals surface area contributed by atoms with Crippen molar-refractivity contribution in [1.82, 2.24) is 4.90 Å². The molecule has 0 aromatic carbocycles. The monoisotopic (exact) mass is 361 g/mol. The average molecular weight is 361 g/mol. The van der Waals surface area contributed by atoms with Crippen LogP contribution in [0.5, 0.6) is 0 Å². The molecule has 134 valence electrons. The summed E-state index contributed by atoms with van der Waals surface area (Å²) in [6, 6.07) is -1.06. The number of nitrogens with zero attached hydrogens (tertiary/aromatic N) is 1. The fourth-order valence-corrected chi connectivity index (χ4v) is 6.03. The smallest absolute Gasteiger partial charge is 0.349 e. The molecule has 3 rings (SSSR count). The van der Waals surface area contributed by atoms with Gasteiger partial charge >= 0.3 is 13.6 Å². The highest BCUT2D eigenvalue weighted by molar-refractivity contribution is 7.56. The lowest BCUT2D eigenvalue weighted by Crippen LogP contribution is -2.63. The van der Waals surface area contributed by atoms with Crippen molar-refractivity contribution in [3.63, 3.8) is 0 Å². The topological polar surface area (TPSA) is 112 Å². The molecule has 24 heavy (non-hydrogen) atoms. The minimum atomic E-state index is -4.03. The predicted octanol–water partition coefficient (Wildman–Crippen LogP) is 0.463. The van der Waals surface area contributed by atoms with Gasteiger partial charge in [-0.25, -0.2) is 0 Å². The van der Waals surface area contributed by atoms with Gasteiger partial charge in [0.05, 0.1) is 19.3 Å². The van der Waals surface area contributed by atoms with E-state index in [1.54, 1.807) is 0 Å². The van der Waals surface area contributed by atoms with Crippen LogP contribution in [0, 0.1) is 0 Å². The van der Waals surface area contributed by atoms with E-state index in [2.05, 4.69) is 0 Å². The first-order valence-corrected chi connectivity index (χ1v) is 9.21. The Hall–Kier alpha value is -1.28. The van der Waals surface area contributed by atoms with E-state index < -0.39 is 42.7 Å². The molecule has 2 amide bonds. The van der Waals surface area contributed by atoms with Crippen LogP contribution in [0.1, 0.15) is 25.7 Å². The van der Waals surface area contributed by atoms with Crippen LogP contribution in [-0.2, 0) is 37.5 Å². The fourth-order valence-electron chi connectivity index (χ4n) is 3.92. The van der Waals surface area contributed by atoms with Crippen molar-refractivity contribution >= 4 is 25.4 Å². The number of hydrogen-bond donors (Lipinski definition) is 0.